The van der Waals surface area contributed by atoms with Gasteiger partial charge in [-0.15, -0.1) is 0 Å². The van der Waals surface area contributed by atoms with Crippen LogP contribution in [0, 0.1) is 5.21 Å². The summed E-state index contributed by atoms with van der Waals surface area (Å²) in [6, 6.07) is 9.25. The molecule has 0 fully saturated rings. The number of benzene rings is 1. The molecule has 24 heavy (non-hydrogen) atoms. The molecule has 1 amide bonds. The molecule has 7 heteroatoms. The number of carbonyl (C=O) groups excluding carboxylic acids is 3. The lowest BCUT2D eigenvalue weighted by molar-refractivity contribution is -0.608. The summed E-state index contributed by atoms with van der Waals surface area (Å²) in [7, 11) is 0. The zero-order valence-corrected chi connectivity index (χ0v) is 12.7. The van der Waals surface area contributed by atoms with Crippen molar-refractivity contribution in [3.63, 3.8) is 0 Å². The predicted octanol–water partition coefficient (Wildman–Crippen LogP) is 1.24. The fourth-order valence-corrected chi connectivity index (χ4v) is 2.43. The fraction of sp³-hybridized carbons (Fsp3) is 0.176. The molecule has 0 aliphatic carbocycles. The van der Waals surface area contributed by atoms with Gasteiger partial charge in [0.2, 0.25) is 5.91 Å². The average Bonchev–Trinajstić information content (AvgIpc) is 2.59. The zero-order valence-electron chi connectivity index (χ0n) is 12.7. The first kappa shape index (κ1) is 15.7. The van der Waals surface area contributed by atoms with E-state index in [-0.39, 0.29) is 17.4 Å². The van der Waals surface area contributed by atoms with Crippen molar-refractivity contribution in [2.45, 2.75) is 12.8 Å². The van der Waals surface area contributed by atoms with Crippen LogP contribution >= 0.6 is 0 Å². The van der Waals surface area contributed by atoms with Crippen LogP contribution in [0.5, 0.6) is 0 Å². The number of hydrogen-bond donors (Lipinski definition) is 1. The Kier molecular flexibility index (Phi) is 4.24. The van der Waals surface area contributed by atoms with Gasteiger partial charge in [-0.2, -0.15) is 4.73 Å². The van der Waals surface area contributed by atoms with E-state index in [0.717, 1.165) is 5.56 Å². The van der Waals surface area contributed by atoms with Crippen molar-refractivity contribution in [3.05, 3.63) is 64.6 Å². The first-order valence-corrected chi connectivity index (χ1v) is 7.36. The molecule has 2 heterocycles. The Balaban J connectivity index is 1.66. The minimum absolute atomic E-state index is 0.0516. The number of amides is 1. The molecule has 7 nitrogen and oxygen atoms in total. The van der Waals surface area contributed by atoms with Crippen molar-refractivity contribution >= 4 is 23.3 Å². The van der Waals surface area contributed by atoms with E-state index in [1.807, 2.05) is 0 Å². The highest BCUT2D eigenvalue weighted by Gasteiger charge is 2.20. The van der Waals surface area contributed by atoms with Crippen molar-refractivity contribution in [1.29, 1.82) is 0 Å². The van der Waals surface area contributed by atoms with E-state index in [2.05, 4.69) is 5.32 Å². The molecular weight excluding hydrogens is 312 g/mol. The maximum Gasteiger partial charge on any atom is 0.405 e. The molecule has 1 aromatic carbocycles. The lowest BCUT2D eigenvalue weighted by Gasteiger charge is -2.17. The van der Waals surface area contributed by atoms with Crippen molar-refractivity contribution in [1.82, 2.24) is 0 Å². The summed E-state index contributed by atoms with van der Waals surface area (Å²) in [5, 5.41) is 14.2. The second-order valence-corrected chi connectivity index (χ2v) is 5.33. The number of ketones is 1. The monoisotopic (exact) mass is 326 g/mol. The third-order valence-electron chi connectivity index (χ3n) is 3.69. The molecule has 1 aromatic heterocycles. The first-order valence-electron chi connectivity index (χ1n) is 7.36. The molecule has 3 rings (SSSR count). The number of ether oxygens (including phenoxy) is 1. The summed E-state index contributed by atoms with van der Waals surface area (Å²) in [4.78, 5) is 35.3. The Morgan fingerprint density at radius 2 is 2.04 bits per heavy atom. The Morgan fingerprint density at radius 1 is 1.21 bits per heavy atom. The Labute approximate surface area is 137 Å². The topological polar surface area (TPSA) is 99.4 Å². The largest absolute Gasteiger partial charge is 0.618 e. The summed E-state index contributed by atoms with van der Waals surface area (Å²) in [5.74, 6) is -1.29. The van der Waals surface area contributed by atoms with Gasteiger partial charge in [-0.25, -0.2) is 4.79 Å². The molecule has 2 aromatic rings. The number of pyridine rings is 1. The molecule has 0 spiro atoms. The fourth-order valence-electron chi connectivity index (χ4n) is 2.43. The van der Waals surface area contributed by atoms with Crippen LogP contribution in [0.3, 0.4) is 0 Å². The van der Waals surface area contributed by atoms with Crippen molar-refractivity contribution in [2.24, 2.45) is 0 Å². The van der Waals surface area contributed by atoms with Gasteiger partial charge in [-0.05, 0) is 36.2 Å². The van der Waals surface area contributed by atoms with Crippen molar-refractivity contribution in [2.75, 3.05) is 11.9 Å². The standard InChI is InChI=1S/C17H14N2O5/c20-15(10-24-17(22)14-3-1-2-8-19(14)23)12-4-6-13-11(9-12)5-7-16(21)18-13/h1-4,6,8-9H,5,7,10H2,(H,18,21). The van der Waals surface area contributed by atoms with Gasteiger partial charge in [0.05, 0.1) is 0 Å². The van der Waals surface area contributed by atoms with E-state index >= 15 is 0 Å². The van der Waals surface area contributed by atoms with E-state index in [4.69, 9.17) is 4.74 Å². The molecule has 1 aliphatic rings. The van der Waals surface area contributed by atoms with Gasteiger partial charge in [0.25, 0.3) is 0 Å². The second kappa shape index (κ2) is 6.49. The Morgan fingerprint density at radius 3 is 2.83 bits per heavy atom. The van der Waals surface area contributed by atoms with Gasteiger partial charge >= 0.3 is 11.7 Å². The van der Waals surface area contributed by atoms with Gasteiger partial charge in [0, 0.05) is 29.8 Å². The second-order valence-electron chi connectivity index (χ2n) is 5.33. The SMILES string of the molecule is O=C1CCc2cc(C(=O)COC(=O)c3cccc[n+]3[O-])ccc2N1. The molecule has 0 saturated heterocycles. The van der Waals surface area contributed by atoms with E-state index < -0.39 is 12.6 Å². The van der Waals surface area contributed by atoms with Gasteiger partial charge in [-0.3, -0.25) is 9.59 Å². The van der Waals surface area contributed by atoms with Crippen LogP contribution in [0.1, 0.15) is 32.8 Å². The highest BCUT2D eigenvalue weighted by atomic mass is 16.5. The summed E-state index contributed by atoms with van der Waals surface area (Å²) in [5.41, 5.74) is 1.77. The number of rotatable bonds is 4. The van der Waals surface area contributed by atoms with Crippen LogP contribution < -0.4 is 10.0 Å². The Bertz CT molecular complexity index is 831. The molecule has 0 saturated carbocycles. The van der Waals surface area contributed by atoms with Crippen molar-refractivity contribution in [3.8, 4) is 0 Å². The van der Waals surface area contributed by atoms with Gasteiger partial charge in [0.15, 0.2) is 18.6 Å². The number of Topliss-reactive ketones (excluding diaryl/α,β-unsaturated/α-hetero) is 1. The molecular formula is C17H14N2O5. The summed E-state index contributed by atoms with van der Waals surface area (Å²) < 4.78 is 5.29. The number of aromatic nitrogens is 1. The van der Waals surface area contributed by atoms with E-state index in [1.165, 1.54) is 24.4 Å². The number of carbonyl (C=O) groups is 3. The van der Waals surface area contributed by atoms with Crippen LogP contribution in [0.15, 0.2) is 42.6 Å². The van der Waals surface area contributed by atoms with Crippen LogP contribution in [-0.4, -0.2) is 24.3 Å². The first-order chi connectivity index (χ1) is 11.5. The third kappa shape index (κ3) is 3.24. The normalized spacial score (nSPS) is 12.9. The number of esters is 1. The highest BCUT2D eigenvalue weighted by molar-refractivity contribution is 6.00. The number of fused-ring (bicyclic) bond motifs is 1. The lowest BCUT2D eigenvalue weighted by Crippen LogP contribution is -2.35. The number of anilines is 1. The van der Waals surface area contributed by atoms with Crippen LogP contribution in [-0.2, 0) is 16.0 Å². The summed E-state index contributed by atoms with van der Waals surface area (Å²) in [6.07, 6.45) is 2.11. The van der Waals surface area contributed by atoms with E-state index in [9.17, 15) is 19.6 Å². The highest BCUT2D eigenvalue weighted by Crippen LogP contribution is 2.23. The number of nitrogens with one attached hydrogen (secondary N) is 1. The number of nitrogens with zero attached hydrogens (tertiary/aromatic N) is 1. The van der Waals surface area contributed by atoms with Crippen LogP contribution in [0.25, 0.3) is 0 Å². The van der Waals surface area contributed by atoms with Crippen LogP contribution in [0.4, 0.5) is 5.69 Å². The Hall–Kier alpha value is -3.22. The molecule has 0 radical (unpaired) electrons. The molecule has 0 unspecified atom stereocenters. The predicted molar refractivity (Wildman–Crippen MR) is 83.4 cm³/mol. The van der Waals surface area contributed by atoms with Gasteiger partial charge in [-0.1, -0.05) is 0 Å². The maximum atomic E-state index is 12.2. The molecule has 1 N–H and O–H groups in total. The number of hydrogen-bond acceptors (Lipinski definition) is 5. The summed E-state index contributed by atoms with van der Waals surface area (Å²) in [6.45, 7) is -0.459. The van der Waals surface area contributed by atoms with Gasteiger partial charge < -0.3 is 15.3 Å². The quantitative estimate of drug-likeness (QED) is 0.394. The molecule has 122 valence electrons. The maximum absolute atomic E-state index is 12.2. The minimum Gasteiger partial charge on any atom is -0.618 e. The smallest absolute Gasteiger partial charge is 0.405 e. The molecule has 0 atom stereocenters. The van der Waals surface area contributed by atoms with Gasteiger partial charge in [0.1, 0.15) is 0 Å². The third-order valence-corrected chi connectivity index (χ3v) is 3.69. The van der Waals surface area contributed by atoms with Crippen LogP contribution in [0.2, 0.25) is 0 Å². The van der Waals surface area contributed by atoms with E-state index in [1.54, 1.807) is 18.2 Å². The molecule has 1 aliphatic heterocycles. The zero-order chi connectivity index (χ0) is 17.1. The minimum atomic E-state index is -0.857. The van der Waals surface area contributed by atoms with Crippen molar-refractivity contribution < 1.29 is 23.9 Å². The average molecular weight is 326 g/mol. The number of aryl methyl sites for hydroxylation is 1. The van der Waals surface area contributed by atoms with E-state index in [0.29, 0.717) is 28.8 Å². The molecule has 0 bridgehead atoms. The summed E-state index contributed by atoms with van der Waals surface area (Å²) >= 11 is 0. The lowest BCUT2D eigenvalue weighted by atomic mass is 9.99.